The van der Waals surface area contributed by atoms with Crippen LogP contribution in [0.2, 0.25) is 0 Å². The van der Waals surface area contributed by atoms with Gasteiger partial charge in [0.1, 0.15) is 5.82 Å². The summed E-state index contributed by atoms with van der Waals surface area (Å²) in [5.74, 6) is -4.03. The van der Waals surface area contributed by atoms with E-state index in [1.165, 1.54) is 6.07 Å². The third-order valence-electron chi connectivity index (χ3n) is 2.40. The van der Waals surface area contributed by atoms with Crippen LogP contribution in [0.4, 0.5) is 13.2 Å². The minimum absolute atomic E-state index is 0.0201. The lowest BCUT2D eigenvalue weighted by Gasteiger charge is -2.12. The van der Waals surface area contributed by atoms with Gasteiger partial charge < -0.3 is 4.98 Å². The molecule has 0 saturated heterocycles. The highest BCUT2D eigenvalue weighted by Gasteiger charge is 2.35. The van der Waals surface area contributed by atoms with Crippen molar-refractivity contribution in [2.24, 2.45) is 0 Å². The third kappa shape index (κ3) is 2.13. The summed E-state index contributed by atoms with van der Waals surface area (Å²) in [6.07, 6.45) is 0.292. The number of allylic oxidation sites excluding steroid dienone is 1. The van der Waals surface area contributed by atoms with Crippen LogP contribution in [0.5, 0.6) is 0 Å². The van der Waals surface area contributed by atoms with E-state index < -0.39 is 29.4 Å². The van der Waals surface area contributed by atoms with Gasteiger partial charge in [0.25, 0.3) is 11.5 Å². The molecule has 0 radical (unpaired) electrons. The molecule has 18 heavy (non-hydrogen) atoms. The Labute approximate surface area is 100.0 Å². The van der Waals surface area contributed by atoms with Crippen molar-refractivity contribution in [3.8, 4) is 0 Å². The van der Waals surface area contributed by atoms with Gasteiger partial charge in [-0.05, 0) is 12.1 Å². The van der Waals surface area contributed by atoms with Gasteiger partial charge in [0.15, 0.2) is 5.69 Å². The largest absolute Gasteiger partial charge is 0.319 e. The topological polar surface area (TPSA) is 45.8 Å². The van der Waals surface area contributed by atoms with E-state index in [1.807, 2.05) is 0 Å². The Bertz CT molecular complexity index is 664. The summed E-state index contributed by atoms with van der Waals surface area (Å²) in [6.45, 7) is 3.20. The van der Waals surface area contributed by atoms with E-state index in [9.17, 15) is 18.0 Å². The number of H-pyrrole nitrogens is 1. The van der Waals surface area contributed by atoms with E-state index in [2.05, 4.69) is 16.5 Å². The summed E-state index contributed by atoms with van der Waals surface area (Å²) in [5.41, 5.74) is -1.73. The van der Waals surface area contributed by atoms with Gasteiger partial charge in [-0.1, -0.05) is 6.08 Å². The lowest BCUT2D eigenvalue weighted by Crippen LogP contribution is -2.26. The number of alkyl halides is 2. The third-order valence-corrected chi connectivity index (χ3v) is 2.40. The van der Waals surface area contributed by atoms with E-state index >= 15 is 0 Å². The Morgan fingerprint density at radius 1 is 1.44 bits per heavy atom. The molecule has 0 atom stereocenters. The summed E-state index contributed by atoms with van der Waals surface area (Å²) in [4.78, 5) is 17.3. The second-order valence-corrected chi connectivity index (χ2v) is 3.77. The molecule has 2 rings (SSSR count). The van der Waals surface area contributed by atoms with Crippen LogP contribution in [0, 0.1) is 5.82 Å². The zero-order valence-electron chi connectivity index (χ0n) is 9.21. The zero-order valence-corrected chi connectivity index (χ0v) is 9.21. The predicted molar refractivity (Wildman–Crippen MR) is 61.0 cm³/mol. The van der Waals surface area contributed by atoms with Crippen molar-refractivity contribution in [2.45, 2.75) is 12.3 Å². The van der Waals surface area contributed by atoms with Crippen LogP contribution in [-0.2, 0) is 5.92 Å². The number of benzene rings is 1. The van der Waals surface area contributed by atoms with Crippen molar-refractivity contribution in [3.63, 3.8) is 0 Å². The fraction of sp³-hybridized carbons (Fsp3) is 0.167. The van der Waals surface area contributed by atoms with Gasteiger partial charge in [0.05, 0.1) is 11.0 Å². The van der Waals surface area contributed by atoms with Crippen LogP contribution in [0.1, 0.15) is 12.1 Å². The van der Waals surface area contributed by atoms with Crippen molar-refractivity contribution < 1.29 is 13.2 Å². The molecule has 0 aliphatic rings. The average Bonchev–Trinajstić information content (AvgIpc) is 2.28. The van der Waals surface area contributed by atoms with Crippen molar-refractivity contribution in [1.29, 1.82) is 0 Å². The van der Waals surface area contributed by atoms with Gasteiger partial charge in [-0.25, -0.2) is 9.37 Å². The first kappa shape index (κ1) is 12.3. The highest BCUT2D eigenvalue weighted by atomic mass is 19.3. The fourth-order valence-electron chi connectivity index (χ4n) is 1.58. The second kappa shape index (κ2) is 4.29. The molecule has 0 aliphatic carbocycles. The molecule has 1 N–H and O–H groups in total. The zero-order chi connectivity index (χ0) is 13.3. The molecule has 0 spiro atoms. The molecule has 3 nitrogen and oxygen atoms in total. The second-order valence-electron chi connectivity index (χ2n) is 3.77. The predicted octanol–water partition coefficient (Wildman–Crippen LogP) is 2.73. The molecule has 1 aromatic carbocycles. The standard InChI is InChI=1S/C12H9F3N2O/c1-2-5-12(14,15)10-11(18)17-8-4-3-7(13)6-9(8)16-10/h2-4,6H,1,5H2,(H,17,18). The van der Waals surface area contributed by atoms with Crippen molar-refractivity contribution >= 4 is 11.0 Å². The smallest absolute Gasteiger partial charge is 0.298 e. The van der Waals surface area contributed by atoms with Crippen molar-refractivity contribution in [1.82, 2.24) is 9.97 Å². The molecule has 1 heterocycles. The quantitative estimate of drug-likeness (QED) is 0.856. The molecule has 0 unspecified atom stereocenters. The summed E-state index contributed by atoms with van der Waals surface area (Å²) in [7, 11) is 0. The minimum Gasteiger partial charge on any atom is -0.319 e. The summed E-state index contributed by atoms with van der Waals surface area (Å²) < 4.78 is 40.2. The number of aromatic nitrogens is 2. The Kier molecular flexibility index (Phi) is 2.94. The number of hydrogen-bond donors (Lipinski definition) is 1. The molecular weight excluding hydrogens is 245 g/mol. The number of fused-ring (bicyclic) bond motifs is 1. The number of nitrogens with zero attached hydrogens (tertiary/aromatic N) is 1. The van der Waals surface area contributed by atoms with Gasteiger partial charge in [-0.3, -0.25) is 4.79 Å². The molecule has 0 bridgehead atoms. The van der Waals surface area contributed by atoms with E-state index in [4.69, 9.17) is 0 Å². The van der Waals surface area contributed by atoms with E-state index in [-0.39, 0.29) is 11.0 Å². The van der Waals surface area contributed by atoms with Crippen LogP contribution in [0.3, 0.4) is 0 Å². The van der Waals surface area contributed by atoms with Crippen LogP contribution >= 0.6 is 0 Å². The van der Waals surface area contributed by atoms with Crippen LogP contribution in [0.25, 0.3) is 11.0 Å². The Balaban J connectivity index is 2.68. The van der Waals surface area contributed by atoms with Gasteiger partial charge in [0.2, 0.25) is 0 Å². The lowest BCUT2D eigenvalue weighted by molar-refractivity contribution is -0.00663. The first-order valence-corrected chi connectivity index (χ1v) is 5.13. The van der Waals surface area contributed by atoms with Crippen LogP contribution in [0.15, 0.2) is 35.6 Å². The number of halogens is 3. The molecule has 0 amide bonds. The summed E-state index contributed by atoms with van der Waals surface area (Å²) >= 11 is 0. The van der Waals surface area contributed by atoms with E-state index in [0.29, 0.717) is 0 Å². The van der Waals surface area contributed by atoms with Gasteiger partial charge in [-0.15, -0.1) is 6.58 Å². The van der Waals surface area contributed by atoms with Crippen LogP contribution in [-0.4, -0.2) is 9.97 Å². The lowest BCUT2D eigenvalue weighted by atomic mass is 10.1. The molecule has 0 saturated carbocycles. The molecule has 2 aromatic rings. The van der Waals surface area contributed by atoms with E-state index in [1.54, 1.807) is 0 Å². The van der Waals surface area contributed by atoms with Crippen molar-refractivity contribution in [3.05, 3.63) is 52.7 Å². The number of nitrogens with one attached hydrogen (secondary N) is 1. The van der Waals surface area contributed by atoms with Crippen molar-refractivity contribution in [2.75, 3.05) is 0 Å². The molecule has 0 fully saturated rings. The highest BCUT2D eigenvalue weighted by Crippen LogP contribution is 2.28. The van der Waals surface area contributed by atoms with Gasteiger partial charge in [0, 0.05) is 12.5 Å². The Hall–Kier alpha value is -2.11. The van der Waals surface area contributed by atoms with Crippen LogP contribution < -0.4 is 5.56 Å². The molecule has 94 valence electrons. The maximum atomic E-state index is 13.6. The Morgan fingerprint density at radius 3 is 2.83 bits per heavy atom. The maximum absolute atomic E-state index is 13.6. The summed E-state index contributed by atoms with van der Waals surface area (Å²) in [6, 6.07) is 3.37. The average molecular weight is 254 g/mol. The maximum Gasteiger partial charge on any atom is 0.298 e. The van der Waals surface area contributed by atoms with E-state index in [0.717, 1.165) is 18.2 Å². The first-order chi connectivity index (χ1) is 8.44. The molecule has 0 aliphatic heterocycles. The number of hydrogen-bond acceptors (Lipinski definition) is 2. The Morgan fingerprint density at radius 2 is 2.17 bits per heavy atom. The first-order valence-electron chi connectivity index (χ1n) is 5.13. The normalized spacial score (nSPS) is 11.7. The monoisotopic (exact) mass is 254 g/mol. The molecule has 6 heteroatoms. The fourth-order valence-corrected chi connectivity index (χ4v) is 1.58. The van der Waals surface area contributed by atoms with Gasteiger partial charge in [-0.2, -0.15) is 8.78 Å². The minimum atomic E-state index is -3.42. The number of aromatic amines is 1. The highest BCUT2D eigenvalue weighted by molar-refractivity contribution is 5.73. The summed E-state index contributed by atoms with van der Waals surface area (Å²) in [5, 5.41) is 0. The molecule has 1 aromatic heterocycles. The number of rotatable bonds is 3. The SMILES string of the molecule is C=CCC(F)(F)c1nc2cc(F)ccc2[nH]c1=O. The molecular formula is C12H9F3N2O. The van der Waals surface area contributed by atoms with Gasteiger partial charge >= 0.3 is 0 Å².